The number of piperazine rings is 1. The quantitative estimate of drug-likeness (QED) is 0.575. The standard InChI is InChI=1S/C29H31N5O4/c1-3-15-32(29(38)30-2)33-19-27(36)34-25(16-20-11-13-23(35)14-12-20)28(37)31(18-26(33)34)17-22-9-6-8-21-7-4-5-10-24(21)22/h1,4-5,7,9-14,25-26,35H,6,8,15-19H2,2H3,(H,30,38)/t25-,26+/m0/s1. The third-order valence-electron chi connectivity index (χ3n) is 7.46. The van der Waals surface area contributed by atoms with Gasteiger partial charge in [-0.3, -0.25) is 9.59 Å². The normalized spacial score (nSPS) is 20.9. The van der Waals surface area contributed by atoms with Crippen molar-refractivity contribution >= 4 is 23.4 Å². The van der Waals surface area contributed by atoms with Crippen molar-refractivity contribution in [2.45, 2.75) is 31.5 Å². The molecule has 0 aromatic heterocycles. The second kappa shape index (κ2) is 10.6. The summed E-state index contributed by atoms with van der Waals surface area (Å²) < 4.78 is 0. The lowest BCUT2D eigenvalue weighted by atomic mass is 9.90. The molecular formula is C29H31N5O4. The molecule has 2 aromatic carbocycles. The van der Waals surface area contributed by atoms with E-state index in [1.165, 1.54) is 17.6 Å². The lowest BCUT2D eigenvalue weighted by Gasteiger charge is -2.46. The maximum Gasteiger partial charge on any atom is 0.332 e. The number of terminal acetylenes is 1. The van der Waals surface area contributed by atoms with Gasteiger partial charge in [-0.25, -0.2) is 9.80 Å². The summed E-state index contributed by atoms with van der Waals surface area (Å²) in [5.41, 5.74) is 4.30. The first-order valence-corrected chi connectivity index (χ1v) is 12.8. The van der Waals surface area contributed by atoms with E-state index in [9.17, 15) is 19.5 Å². The number of phenolic OH excluding ortho intramolecular Hbond substituents is 1. The van der Waals surface area contributed by atoms with Crippen LogP contribution in [0.2, 0.25) is 0 Å². The van der Waals surface area contributed by atoms with Crippen LogP contribution in [-0.4, -0.2) is 88.2 Å². The zero-order valence-corrected chi connectivity index (χ0v) is 21.3. The summed E-state index contributed by atoms with van der Waals surface area (Å²) in [4.78, 5) is 43.4. The fraction of sp³-hybridized carbons (Fsp3) is 0.345. The number of rotatable bonds is 6. The molecule has 0 spiro atoms. The molecule has 2 fully saturated rings. The van der Waals surface area contributed by atoms with Gasteiger partial charge in [0, 0.05) is 20.0 Å². The fourth-order valence-electron chi connectivity index (χ4n) is 5.66. The van der Waals surface area contributed by atoms with Gasteiger partial charge in [0.05, 0.1) is 19.6 Å². The fourth-order valence-corrected chi connectivity index (χ4v) is 5.66. The molecule has 2 N–H and O–H groups in total. The Hall–Kier alpha value is -4.29. The van der Waals surface area contributed by atoms with Crippen LogP contribution in [0.3, 0.4) is 0 Å². The van der Waals surface area contributed by atoms with Crippen molar-refractivity contribution in [3.05, 3.63) is 71.3 Å². The van der Waals surface area contributed by atoms with Gasteiger partial charge in [-0.05, 0) is 47.2 Å². The molecule has 2 heterocycles. The van der Waals surface area contributed by atoms with E-state index in [1.54, 1.807) is 39.1 Å². The number of allylic oxidation sites excluding steroid dienone is 1. The van der Waals surface area contributed by atoms with Crippen LogP contribution in [0.4, 0.5) is 4.79 Å². The largest absolute Gasteiger partial charge is 0.508 e. The summed E-state index contributed by atoms with van der Waals surface area (Å²) in [6.45, 7) is 0.586. The van der Waals surface area contributed by atoms with Crippen molar-refractivity contribution < 1.29 is 19.5 Å². The monoisotopic (exact) mass is 513 g/mol. The molecule has 0 radical (unpaired) electrons. The number of benzene rings is 2. The van der Waals surface area contributed by atoms with E-state index in [-0.39, 0.29) is 43.6 Å². The Balaban J connectivity index is 1.50. The average molecular weight is 514 g/mol. The third kappa shape index (κ3) is 4.71. The summed E-state index contributed by atoms with van der Waals surface area (Å²) in [6.07, 6.45) is 9.35. The van der Waals surface area contributed by atoms with Gasteiger partial charge >= 0.3 is 6.03 Å². The summed E-state index contributed by atoms with van der Waals surface area (Å²) in [7, 11) is 1.51. The van der Waals surface area contributed by atoms with Crippen LogP contribution < -0.4 is 5.32 Å². The summed E-state index contributed by atoms with van der Waals surface area (Å²) in [6, 6.07) is 13.7. The van der Waals surface area contributed by atoms with Crippen molar-refractivity contribution in [3.8, 4) is 18.1 Å². The molecular weight excluding hydrogens is 482 g/mol. The number of carbonyl (C=O) groups is 3. The molecule has 5 rings (SSSR count). The molecule has 0 bridgehead atoms. The van der Waals surface area contributed by atoms with Crippen molar-refractivity contribution in [1.82, 2.24) is 25.1 Å². The smallest absolute Gasteiger partial charge is 0.332 e. The van der Waals surface area contributed by atoms with E-state index in [1.807, 2.05) is 12.1 Å². The maximum absolute atomic E-state index is 14.0. The first-order valence-electron chi connectivity index (χ1n) is 12.8. The lowest BCUT2D eigenvalue weighted by Crippen LogP contribution is -2.66. The average Bonchev–Trinajstić information content (AvgIpc) is 3.25. The van der Waals surface area contributed by atoms with E-state index in [0.717, 1.165) is 29.5 Å². The van der Waals surface area contributed by atoms with Gasteiger partial charge in [-0.1, -0.05) is 48.4 Å². The Morgan fingerprint density at radius 1 is 1.18 bits per heavy atom. The first-order chi connectivity index (χ1) is 18.4. The van der Waals surface area contributed by atoms with Crippen LogP contribution in [0, 0.1) is 12.3 Å². The minimum Gasteiger partial charge on any atom is -0.508 e. The highest BCUT2D eigenvalue weighted by molar-refractivity contribution is 5.92. The number of amides is 4. The molecule has 2 aliphatic heterocycles. The van der Waals surface area contributed by atoms with E-state index < -0.39 is 18.2 Å². The van der Waals surface area contributed by atoms with E-state index in [4.69, 9.17) is 6.42 Å². The van der Waals surface area contributed by atoms with Crippen LogP contribution >= 0.6 is 0 Å². The minimum atomic E-state index is -0.757. The zero-order chi connectivity index (χ0) is 26.8. The highest BCUT2D eigenvalue weighted by Crippen LogP contribution is 2.32. The lowest BCUT2D eigenvalue weighted by molar-refractivity contribution is -0.155. The third-order valence-corrected chi connectivity index (χ3v) is 7.46. The number of fused-ring (bicyclic) bond motifs is 2. The van der Waals surface area contributed by atoms with Crippen molar-refractivity contribution in [2.24, 2.45) is 0 Å². The topological polar surface area (TPSA) is 96.4 Å². The van der Waals surface area contributed by atoms with Gasteiger partial charge < -0.3 is 20.2 Å². The predicted octanol–water partition coefficient (Wildman–Crippen LogP) is 1.84. The number of hydrogen-bond donors (Lipinski definition) is 2. The molecule has 2 aromatic rings. The van der Waals surface area contributed by atoms with Gasteiger partial charge in [0.2, 0.25) is 11.8 Å². The van der Waals surface area contributed by atoms with E-state index in [0.29, 0.717) is 6.54 Å². The number of aryl methyl sites for hydroxylation is 1. The number of hydrazine groups is 1. The Labute approximate surface area is 222 Å². The van der Waals surface area contributed by atoms with Crippen LogP contribution in [0.1, 0.15) is 23.1 Å². The highest BCUT2D eigenvalue weighted by atomic mass is 16.3. The second-order valence-electron chi connectivity index (χ2n) is 9.73. The van der Waals surface area contributed by atoms with Crippen molar-refractivity contribution in [2.75, 3.05) is 33.2 Å². The Kier molecular flexibility index (Phi) is 7.07. The molecule has 9 heteroatoms. The summed E-state index contributed by atoms with van der Waals surface area (Å²) in [5.74, 6) is 2.26. The zero-order valence-electron chi connectivity index (χ0n) is 21.3. The Bertz CT molecular complexity index is 1310. The number of urea groups is 1. The molecule has 2 saturated heterocycles. The number of nitrogens with one attached hydrogen (secondary N) is 1. The number of aromatic hydroxyl groups is 1. The van der Waals surface area contributed by atoms with Crippen LogP contribution in [0.15, 0.2) is 54.6 Å². The number of phenols is 1. The molecule has 1 aliphatic carbocycles. The Morgan fingerprint density at radius 3 is 2.68 bits per heavy atom. The van der Waals surface area contributed by atoms with Gasteiger partial charge in [0.25, 0.3) is 0 Å². The summed E-state index contributed by atoms with van der Waals surface area (Å²) in [5, 5.41) is 15.4. The second-order valence-corrected chi connectivity index (χ2v) is 9.73. The maximum atomic E-state index is 14.0. The Morgan fingerprint density at radius 2 is 1.95 bits per heavy atom. The molecule has 4 amide bonds. The van der Waals surface area contributed by atoms with Crippen LogP contribution in [0.5, 0.6) is 5.75 Å². The van der Waals surface area contributed by atoms with Gasteiger partial charge in [0.1, 0.15) is 18.0 Å². The highest BCUT2D eigenvalue weighted by Gasteiger charge is 2.52. The van der Waals surface area contributed by atoms with Crippen LogP contribution in [0.25, 0.3) is 5.57 Å². The van der Waals surface area contributed by atoms with Crippen molar-refractivity contribution in [3.63, 3.8) is 0 Å². The van der Waals surface area contributed by atoms with Gasteiger partial charge in [0.15, 0.2) is 0 Å². The van der Waals surface area contributed by atoms with Crippen molar-refractivity contribution in [1.29, 1.82) is 0 Å². The first kappa shape index (κ1) is 25.4. The van der Waals surface area contributed by atoms with E-state index in [2.05, 4.69) is 29.4 Å². The molecule has 0 unspecified atom stereocenters. The number of nitrogens with zero attached hydrogens (tertiary/aromatic N) is 4. The molecule has 9 nitrogen and oxygen atoms in total. The van der Waals surface area contributed by atoms with Crippen LogP contribution in [-0.2, 0) is 22.4 Å². The number of hydrogen-bond acceptors (Lipinski definition) is 5. The molecule has 196 valence electrons. The SMILES string of the molecule is C#CCN(C(=O)NC)N1CC(=O)N2[C@@H](Cc3ccc(O)cc3)C(=O)N(CC3=CCCc4ccccc43)C[C@@H]21. The molecule has 38 heavy (non-hydrogen) atoms. The number of carbonyl (C=O) groups excluding carboxylic acids is 3. The van der Waals surface area contributed by atoms with Gasteiger partial charge in [-0.2, -0.15) is 5.01 Å². The van der Waals surface area contributed by atoms with E-state index >= 15 is 0 Å². The van der Waals surface area contributed by atoms with Gasteiger partial charge in [-0.15, -0.1) is 6.42 Å². The molecule has 0 saturated carbocycles. The molecule has 2 atom stereocenters. The molecule has 3 aliphatic rings. The summed E-state index contributed by atoms with van der Waals surface area (Å²) >= 11 is 0. The minimum absolute atomic E-state index is 0.00754. The predicted molar refractivity (Wildman–Crippen MR) is 142 cm³/mol.